The van der Waals surface area contributed by atoms with Gasteiger partial charge in [-0.25, -0.2) is 4.98 Å². The summed E-state index contributed by atoms with van der Waals surface area (Å²) in [6.07, 6.45) is 1.59. The van der Waals surface area contributed by atoms with Crippen molar-refractivity contribution in [2.75, 3.05) is 45.2 Å². The Labute approximate surface area is 160 Å². The molecule has 1 aromatic heterocycles. The van der Waals surface area contributed by atoms with Gasteiger partial charge in [0, 0.05) is 32.4 Å². The second-order valence-electron chi connectivity index (χ2n) is 7.05. The van der Waals surface area contributed by atoms with Crippen LogP contribution < -0.4 is 4.90 Å². The van der Waals surface area contributed by atoms with Gasteiger partial charge in [-0.1, -0.05) is 24.3 Å². The summed E-state index contributed by atoms with van der Waals surface area (Å²) < 4.78 is 0. The minimum absolute atomic E-state index is 0.140. The zero-order chi connectivity index (χ0) is 19.4. The van der Waals surface area contributed by atoms with Crippen molar-refractivity contribution in [1.82, 2.24) is 14.8 Å². The minimum Gasteiger partial charge on any atom is -0.353 e. The molecule has 0 radical (unpaired) electrons. The van der Waals surface area contributed by atoms with Crippen LogP contribution in [0.2, 0.25) is 0 Å². The molecule has 3 rings (SSSR count). The highest BCUT2D eigenvalue weighted by Crippen LogP contribution is 2.25. The number of piperazine rings is 1. The number of carbonyl (C=O) groups is 1. The Hall–Kier alpha value is -2.91. The van der Waals surface area contributed by atoms with E-state index in [0.29, 0.717) is 18.7 Å². The van der Waals surface area contributed by atoms with Crippen LogP contribution in [0.3, 0.4) is 0 Å². The predicted molar refractivity (Wildman–Crippen MR) is 105 cm³/mol. The van der Waals surface area contributed by atoms with E-state index in [4.69, 9.17) is 5.26 Å². The Bertz CT molecular complexity index is 832. The summed E-state index contributed by atoms with van der Waals surface area (Å²) in [7, 11) is 3.90. The van der Waals surface area contributed by atoms with E-state index >= 15 is 0 Å². The molecule has 6 heteroatoms. The lowest BCUT2D eigenvalue weighted by Crippen LogP contribution is -2.51. The maximum absolute atomic E-state index is 13.2. The van der Waals surface area contributed by atoms with Crippen LogP contribution in [0.4, 0.5) is 5.82 Å². The van der Waals surface area contributed by atoms with Crippen molar-refractivity contribution in [1.29, 1.82) is 5.26 Å². The van der Waals surface area contributed by atoms with Gasteiger partial charge < -0.3 is 9.80 Å². The number of rotatable bonds is 4. The standard InChI is InChI=1S/C21H25N5O/c1-16-6-4-5-7-18(16)20(24(2)3)21(27)26-12-10-25(11-13-26)19-9-8-17(14-22)15-23-19/h4-9,15,20H,10-13H2,1-3H3/t20-/m0/s1. The van der Waals surface area contributed by atoms with Gasteiger partial charge in [-0.3, -0.25) is 9.69 Å². The minimum atomic E-state index is -0.272. The molecule has 1 fully saturated rings. The van der Waals surface area contributed by atoms with Gasteiger partial charge in [0.05, 0.1) is 5.56 Å². The van der Waals surface area contributed by atoms with Crippen molar-refractivity contribution in [3.63, 3.8) is 0 Å². The number of amides is 1. The average molecular weight is 363 g/mol. The summed E-state index contributed by atoms with van der Waals surface area (Å²) in [4.78, 5) is 23.7. The van der Waals surface area contributed by atoms with Crippen LogP contribution in [0.25, 0.3) is 0 Å². The monoisotopic (exact) mass is 363 g/mol. The molecule has 2 heterocycles. The van der Waals surface area contributed by atoms with Crippen molar-refractivity contribution in [3.05, 3.63) is 59.3 Å². The maximum atomic E-state index is 13.2. The third-order valence-electron chi connectivity index (χ3n) is 5.03. The number of aromatic nitrogens is 1. The zero-order valence-corrected chi connectivity index (χ0v) is 16.1. The van der Waals surface area contributed by atoms with E-state index in [1.165, 1.54) is 0 Å². The number of hydrogen-bond donors (Lipinski definition) is 0. The highest BCUT2D eigenvalue weighted by Gasteiger charge is 2.31. The first-order valence-corrected chi connectivity index (χ1v) is 9.13. The van der Waals surface area contributed by atoms with Gasteiger partial charge >= 0.3 is 0 Å². The number of benzene rings is 1. The molecular weight excluding hydrogens is 338 g/mol. The lowest BCUT2D eigenvalue weighted by atomic mass is 9.99. The van der Waals surface area contributed by atoms with Crippen LogP contribution in [0.1, 0.15) is 22.7 Å². The molecule has 0 saturated carbocycles. The number of anilines is 1. The maximum Gasteiger partial charge on any atom is 0.244 e. The first-order valence-electron chi connectivity index (χ1n) is 9.13. The molecule has 1 aliphatic rings. The van der Waals surface area contributed by atoms with Crippen LogP contribution in [-0.4, -0.2) is 61.0 Å². The lowest BCUT2D eigenvalue weighted by Gasteiger charge is -2.38. The Kier molecular flexibility index (Phi) is 5.72. The predicted octanol–water partition coefficient (Wildman–Crippen LogP) is 2.21. The summed E-state index contributed by atoms with van der Waals surface area (Å²) in [5, 5.41) is 8.89. The Morgan fingerprint density at radius 1 is 1.15 bits per heavy atom. The van der Waals surface area contributed by atoms with Gasteiger partial charge in [-0.05, 0) is 44.3 Å². The van der Waals surface area contributed by atoms with E-state index in [-0.39, 0.29) is 11.9 Å². The molecule has 0 aliphatic carbocycles. The van der Waals surface area contributed by atoms with E-state index < -0.39 is 0 Å². The van der Waals surface area contributed by atoms with E-state index in [2.05, 4.69) is 16.0 Å². The van der Waals surface area contributed by atoms with Crippen molar-refractivity contribution in [3.8, 4) is 6.07 Å². The second kappa shape index (κ2) is 8.19. The van der Waals surface area contributed by atoms with Gasteiger partial charge in [-0.15, -0.1) is 0 Å². The van der Waals surface area contributed by atoms with E-state index in [9.17, 15) is 4.79 Å². The molecule has 1 amide bonds. The van der Waals surface area contributed by atoms with Crippen molar-refractivity contribution in [2.45, 2.75) is 13.0 Å². The first-order chi connectivity index (χ1) is 13.0. The van der Waals surface area contributed by atoms with Crippen molar-refractivity contribution < 1.29 is 4.79 Å². The lowest BCUT2D eigenvalue weighted by molar-refractivity contribution is -0.136. The van der Waals surface area contributed by atoms with Gasteiger partial charge in [-0.2, -0.15) is 5.26 Å². The number of likely N-dealkylation sites (N-methyl/N-ethyl adjacent to an activating group) is 1. The van der Waals surface area contributed by atoms with Crippen LogP contribution in [0.15, 0.2) is 42.6 Å². The number of nitrogens with zero attached hydrogens (tertiary/aromatic N) is 5. The highest BCUT2D eigenvalue weighted by atomic mass is 16.2. The molecular formula is C21H25N5O. The molecule has 140 valence electrons. The molecule has 0 spiro atoms. The average Bonchev–Trinajstić information content (AvgIpc) is 2.69. The summed E-state index contributed by atoms with van der Waals surface area (Å²) in [5.74, 6) is 0.992. The largest absolute Gasteiger partial charge is 0.353 e. The summed E-state index contributed by atoms with van der Waals surface area (Å²) in [6.45, 7) is 4.85. The Balaban J connectivity index is 1.69. The molecule has 1 aromatic carbocycles. The van der Waals surface area contributed by atoms with Crippen LogP contribution in [0, 0.1) is 18.3 Å². The molecule has 2 aromatic rings. The molecule has 6 nitrogen and oxygen atoms in total. The summed E-state index contributed by atoms with van der Waals surface area (Å²) in [6, 6.07) is 13.5. The number of aryl methyl sites for hydroxylation is 1. The highest BCUT2D eigenvalue weighted by molar-refractivity contribution is 5.84. The Morgan fingerprint density at radius 2 is 1.85 bits per heavy atom. The number of carbonyl (C=O) groups excluding carboxylic acids is 1. The summed E-state index contributed by atoms with van der Waals surface area (Å²) in [5.41, 5.74) is 2.74. The molecule has 1 saturated heterocycles. The topological polar surface area (TPSA) is 63.5 Å². The molecule has 27 heavy (non-hydrogen) atoms. The number of pyridine rings is 1. The molecule has 1 atom stereocenters. The van der Waals surface area contributed by atoms with E-state index in [1.807, 2.05) is 61.2 Å². The summed E-state index contributed by atoms with van der Waals surface area (Å²) >= 11 is 0. The second-order valence-corrected chi connectivity index (χ2v) is 7.05. The smallest absolute Gasteiger partial charge is 0.244 e. The van der Waals surface area contributed by atoms with Gasteiger partial charge in [0.25, 0.3) is 0 Å². The molecule has 0 bridgehead atoms. The van der Waals surface area contributed by atoms with E-state index in [1.54, 1.807) is 12.3 Å². The fourth-order valence-electron chi connectivity index (χ4n) is 3.49. The van der Waals surface area contributed by atoms with Gasteiger partial charge in [0.15, 0.2) is 0 Å². The Morgan fingerprint density at radius 3 is 2.41 bits per heavy atom. The third-order valence-corrected chi connectivity index (χ3v) is 5.03. The van der Waals surface area contributed by atoms with E-state index in [0.717, 1.165) is 30.0 Å². The van der Waals surface area contributed by atoms with Crippen LogP contribution in [-0.2, 0) is 4.79 Å². The van der Waals surface area contributed by atoms with Crippen LogP contribution >= 0.6 is 0 Å². The van der Waals surface area contributed by atoms with Crippen molar-refractivity contribution in [2.24, 2.45) is 0 Å². The van der Waals surface area contributed by atoms with Crippen LogP contribution in [0.5, 0.6) is 0 Å². The number of nitriles is 1. The fraction of sp³-hybridized carbons (Fsp3) is 0.381. The fourth-order valence-corrected chi connectivity index (χ4v) is 3.49. The number of hydrogen-bond acceptors (Lipinski definition) is 5. The molecule has 0 unspecified atom stereocenters. The quantitative estimate of drug-likeness (QED) is 0.833. The van der Waals surface area contributed by atoms with Gasteiger partial charge in [0.2, 0.25) is 5.91 Å². The van der Waals surface area contributed by atoms with Gasteiger partial charge in [0.1, 0.15) is 17.9 Å². The SMILES string of the molecule is Cc1ccccc1[C@@H](C(=O)N1CCN(c2ccc(C#N)cn2)CC1)N(C)C. The molecule has 1 aliphatic heterocycles. The van der Waals surface area contributed by atoms with Crippen molar-refractivity contribution >= 4 is 11.7 Å². The molecule has 0 N–H and O–H groups in total. The first kappa shape index (κ1) is 18.9. The normalized spacial score (nSPS) is 15.5. The third kappa shape index (κ3) is 4.09. The zero-order valence-electron chi connectivity index (χ0n) is 16.1.